The van der Waals surface area contributed by atoms with Crippen LogP contribution in [0.25, 0.3) is 0 Å². The maximum Gasteiger partial charge on any atom is 0.262 e. The number of aryl methyl sites for hydroxylation is 2. The van der Waals surface area contributed by atoms with E-state index in [1.807, 2.05) is 13.0 Å². The first-order valence-electron chi connectivity index (χ1n) is 7.02. The van der Waals surface area contributed by atoms with E-state index in [-0.39, 0.29) is 10.8 Å². The van der Waals surface area contributed by atoms with Gasteiger partial charge < -0.3 is 5.32 Å². The average Bonchev–Trinajstić information content (AvgIpc) is 2.45. The molecule has 1 aliphatic rings. The van der Waals surface area contributed by atoms with Crippen LogP contribution in [0.2, 0.25) is 0 Å². The number of carbonyl (C=O) groups is 1. The van der Waals surface area contributed by atoms with Gasteiger partial charge in [-0.15, -0.1) is 11.8 Å². The van der Waals surface area contributed by atoms with Crippen molar-refractivity contribution in [2.24, 2.45) is 0 Å². The van der Waals surface area contributed by atoms with Crippen molar-refractivity contribution in [2.45, 2.75) is 23.6 Å². The number of thioether (sulfide) groups is 1. The molecule has 0 atom stereocenters. The van der Waals surface area contributed by atoms with Crippen molar-refractivity contribution in [1.29, 1.82) is 0 Å². The van der Waals surface area contributed by atoms with Crippen molar-refractivity contribution in [2.75, 3.05) is 15.8 Å². The first-order chi connectivity index (χ1) is 10.8. The zero-order valence-electron chi connectivity index (χ0n) is 12.7. The minimum atomic E-state index is -3.67. The van der Waals surface area contributed by atoms with Crippen LogP contribution in [0.5, 0.6) is 0 Å². The monoisotopic (exact) mass is 348 g/mol. The van der Waals surface area contributed by atoms with Crippen LogP contribution in [0.3, 0.4) is 0 Å². The quantitative estimate of drug-likeness (QED) is 0.893. The molecule has 23 heavy (non-hydrogen) atoms. The molecule has 7 heteroatoms. The summed E-state index contributed by atoms with van der Waals surface area (Å²) in [6.07, 6.45) is 0. The predicted molar refractivity (Wildman–Crippen MR) is 92.5 cm³/mol. The summed E-state index contributed by atoms with van der Waals surface area (Å²) in [5, 5.41) is 2.75. The highest BCUT2D eigenvalue weighted by molar-refractivity contribution is 8.00. The van der Waals surface area contributed by atoms with Crippen LogP contribution < -0.4 is 10.0 Å². The molecule has 0 unspecified atom stereocenters. The summed E-state index contributed by atoms with van der Waals surface area (Å²) in [7, 11) is -3.67. The Balaban J connectivity index is 1.92. The second-order valence-corrected chi connectivity index (χ2v) is 8.09. The third-order valence-electron chi connectivity index (χ3n) is 3.48. The molecule has 1 amide bonds. The maximum atomic E-state index is 12.6. The normalized spacial score (nSPS) is 14.1. The highest BCUT2D eigenvalue weighted by Gasteiger charge is 2.19. The molecule has 120 valence electrons. The van der Waals surface area contributed by atoms with Crippen molar-refractivity contribution in [1.82, 2.24) is 0 Å². The fourth-order valence-corrected chi connectivity index (χ4v) is 4.52. The van der Waals surface area contributed by atoms with Crippen LogP contribution >= 0.6 is 11.8 Å². The van der Waals surface area contributed by atoms with E-state index in [1.54, 1.807) is 37.3 Å². The molecule has 0 bridgehead atoms. The Morgan fingerprint density at radius 2 is 1.91 bits per heavy atom. The molecule has 0 spiro atoms. The first kappa shape index (κ1) is 15.9. The van der Waals surface area contributed by atoms with E-state index >= 15 is 0 Å². The van der Waals surface area contributed by atoms with Gasteiger partial charge in [0.2, 0.25) is 5.91 Å². The minimum absolute atomic E-state index is 0.0862. The van der Waals surface area contributed by atoms with Gasteiger partial charge in [0.15, 0.2) is 0 Å². The number of fused-ring (bicyclic) bond motifs is 1. The van der Waals surface area contributed by atoms with Gasteiger partial charge in [-0.1, -0.05) is 17.7 Å². The summed E-state index contributed by atoms with van der Waals surface area (Å²) < 4.78 is 27.7. The Kier molecular flexibility index (Phi) is 4.08. The van der Waals surface area contributed by atoms with Crippen molar-refractivity contribution >= 4 is 39.1 Å². The maximum absolute atomic E-state index is 12.6. The molecular formula is C16H16N2O3S2. The molecule has 0 saturated heterocycles. The van der Waals surface area contributed by atoms with Gasteiger partial charge in [0, 0.05) is 4.90 Å². The lowest BCUT2D eigenvalue weighted by atomic mass is 10.2. The molecule has 5 nitrogen and oxygen atoms in total. The van der Waals surface area contributed by atoms with Crippen LogP contribution in [-0.4, -0.2) is 20.1 Å². The second kappa shape index (κ2) is 5.90. The number of benzene rings is 2. The lowest BCUT2D eigenvalue weighted by molar-refractivity contribution is -0.113. The Bertz CT molecular complexity index is 892. The fourth-order valence-electron chi connectivity index (χ4n) is 2.46. The van der Waals surface area contributed by atoms with E-state index in [0.717, 1.165) is 10.5 Å². The molecule has 2 aromatic carbocycles. The van der Waals surface area contributed by atoms with E-state index in [1.165, 1.54) is 11.8 Å². The van der Waals surface area contributed by atoms with Crippen LogP contribution in [0.15, 0.2) is 46.2 Å². The fraction of sp³-hybridized carbons (Fsp3) is 0.188. The number of anilines is 2. The van der Waals surface area contributed by atoms with Gasteiger partial charge >= 0.3 is 0 Å². The Hall–Kier alpha value is -1.99. The van der Waals surface area contributed by atoms with Crippen LogP contribution in [0, 0.1) is 13.8 Å². The SMILES string of the molecule is Cc1ccc(S(=O)(=O)Nc2ccc3c(c2)NC(=O)CS3)c(C)c1. The van der Waals surface area contributed by atoms with Crippen molar-refractivity contribution < 1.29 is 13.2 Å². The van der Waals surface area contributed by atoms with Gasteiger partial charge in [-0.3, -0.25) is 9.52 Å². The third-order valence-corrected chi connectivity index (χ3v) is 6.10. The van der Waals surface area contributed by atoms with Gasteiger partial charge in [0.1, 0.15) is 0 Å². The summed E-state index contributed by atoms with van der Waals surface area (Å²) in [4.78, 5) is 12.6. The number of nitrogens with one attached hydrogen (secondary N) is 2. The third kappa shape index (κ3) is 3.35. The van der Waals surface area contributed by atoms with Crippen molar-refractivity contribution in [3.63, 3.8) is 0 Å². The standard InChI is InChI=1S/C16H16N2O3S2/c1-10-3-6-15(11(2)7-10)23(20,21)18-12-4-5-14-13(8-12)17-16(19)9-22-14/h3-8,18H,9H2,1-2H3,(H,17,19). The minimum Gasteiger partial charge on any atom is -0.324 e. The van der Waals surface area contributed by atoms with Gasteiger partial charge in [-0.05, 0) is 43.7 Å². The largest absolute Gasteiger partial charge is 0.324 e. The zero-order chi connectivity index (χ0) is 16.6. The number of rotatable bonds is 3. The number of carbonyl (C=O) groups excluding carboxylic acids is 1. The molecular weight excluding hydrogens is 332 g/mol. The molecule has 0 aliphatic carbocycles. The summed E-state index contributed by atoms with van der Waals surface area (Å²) in [6, 6.07) is 10.3. The Labute approximate surface area is 139 Å². The van der Waals surface area contributed by atoms with E-state index in [0.29, 0.717) is 22.7 Å². The molecule has 0 saturated carbocycles. The highest BCUT2D eigenvalue weighted by Crippen LogP contribution is 2.34. The molecule has 3 rings (SSSR count). The molecule has 0 aromatic heterocycles. The Morgan fingerprint density at radius 1 is 1.13 bits per heavy atom. The number of hydrogen-bond acceptors (Lipinski definition) is 4. The summed E-state index contributed by atoms with van der Waals surface area (Å²) in [5.74, 6) is 0.289. The van der Waals surface area contributed by atoms with E-state index in [4.69, 9.17) is 0 Å². The van der Waals surface area contributed by atoms with Gasteiger partial charge in [-0.25, -0.2) is 8.42 Å². The summed E-state index contributed by atoms with van der Waals surface area (Å²) in [5.41, 5.74) is 2.76. The van der Waals surface area contributed by atoms with Crippen molar-refractivity contribution in [3.8, 4) is 0 Å². The molecule has 2 N–H and O–H groups in total. The number of hydrogen-bond donors (Lipinski definition) is 2. The van der Waals surface area contributed by atoms with Gasteiger partial charge in [-0.2, -0.15) is 0 Å². The van der Waals surface area contributed by atoms with E-state index in [9.17, 15) is 13.2 Å². The summed E-state index contributed by atoms with van der Waals surface area (Å²) >= 11 is 1.43. The molecule has 0 fully saturated rings. The predicted octanol–water partition coefficient (Wildman–Crippen LogP) is 3.15. The summed E-state index contributed by atoms with van der Waals surface area (Å²) in [6.45, 7) is 3.69. The highest BCUT2D eigenvalue weighted by atomic mass is 32.2. The van der Waals surface area contributed by atoms with Gasteiger partial charge in [0.05, 0.1) is 22.0 Å². The van der Waals surface area contributed by atoms with E-state index in [2.05, 4.69) is 10.0 Å². The number of sulfonamides is 1. The topological polar surface area (TPSA) is 75.3 Å². The lowest BCUT2D eigenvalue weighted by Gasteiger charge is -2.18. The van der Waals surface area contributed by atoms with Crippen molar-refractivity contribution in [3.05, 3.63) is 47.5 Å². The van der Waals surface area contributed by atoms with Gasteiger partial charge in [0.25, 0.3) is 10.0 Å². The number of amides is 1. The first-order valence-corrected chi connectivity index (χ1v) is 9.49. The second-order valence-electron chi connectivity index (χ2n) is 5.42. The van der Waals surface area contributed by atoms with Crippen LogP contribution in [0.1, 0.15) is 11.1 Å². The lowest BCUT2D eigenvalue weighted by Crippen LogP contribution is -2.19. The molecule has 1 aliphatic heterocycles. The average molecular weight is 348 g/mol. The zero-order valence-corrected chi connectivity index (χ0v) is 14.3. The Morgan fingerprint density at radius 3 is 2.65 bits per heavy atom. The molecule has 0 radical (unpaired) electrons. The van der Waals surface area contributed by atoms with E-state index < -0.39 is 10.0 Å². The smallest absolute Gasteiger partial charge is 0.262 e. The van der Waals surface area contributed by atoms with Crippen LogP contribution in [0.4, 0.5) is 11.4 Å². The molecule has 2 aromatic rings. The molecule has 1 heterocycles. The van der Waals surface area contributed by atoms with Crippen LogP contribution in [-0.2, 0) is 14.8 Å².